The summed E-state index contributed by atoms with van der Waals surface area (Å²) in [6.45, 7) is 16.4. The molecule has 0 radical (unpaired) electrons. The van der Waals surface area contributed by atoms with Crippen molar-refractivity contribution in [1.82, 2.24) is 0 Å². The molecule has 90 valence electrons. The minimum Gasteiger partial charge on any atom is -0.325 e. The van der Waals surface area contributed by atoms with E-state index in [2.05, 4.69) is 48.5 Å². The van der Waals surface area contributed by atoms with E-state index in [0.29, 0.717) is 0 Å². The van der Waals surface area contributed by atoms with Gasteiger partial charge in [0.25, 0.3) is 0 Å². The van der Waals surface area contributed by atoms with Gasteiger partial charge in [0.2, 0.25) is 0 Å². The van der Waals surface area contributed by atoms with Gasteiger partial charge >= 0.3 is 0 Å². The smallest absolute Gasteiger partial charge is 0.0192 e. The Kier molecular flexibility index (Phi) is 2.80. The summed E-state index contributed by atoms with van der Waals surface area (Å²) in [4.78, 5) is 0. The van der Waals surface area contributed by atoms with Crippen LogP contribution in [0.15, 0.2) is 0 Å². The molecular weight excluding hydrogens is 182 g/mol. The van der Waals surface area contributed by atoms with Crippen LogP contribution in [-0.2, 0) is 0 Å². The van der Waals surface area contributed by atoms with Gasteiger partial charge in [-0.3, -0.25) is 0 Å². The third-order valence-corrected chi connectivity index (χ3v) is 4.78. The summed E-state index contributed by atoms with van der Waals surface area (Å²) >= 11 is 0. The largest absolute Gasteiger partial charge is 0.325 e. The van der Waals surface area contributed by atoms with Gasteiger partial charge in [0.1, 0.15) is 0 Å². The molecule has 0 amide bonds. The van der Waals surface area contributed by atoms with Gasteiger partial charge in [-0.15, -0.1) is 0 Å². The Bertz CT molecular complexity index is 223. The van der Waals surface area contributed by atoms with Crippen molar-refractivity contribution in [1.29, 1.82) is 0 Å². The van der Waals surface area contributed by atoms with E-state index < -0.39 is 0 Å². The van der Waals surface area contributed by atoms with Crippen LogP contribution in [-0.4, -0.2) is 5.54 Å². The molecule has 0 unspecified atom stereocenters. The predicted octanol–water partition coefficient (Wildman–Crippen LogP) is 3.97. The molecule has 15 heavy (non-hydrogen) atoms. The standard InChI is InChI=1S/C14H29N/c1-11(2,3)14(12(4,5)6)10-8-9-13(14,7)15/h8-10,15H2,1-7H3/t13-/m0/s1. The minimum atomic E-state index is -0.0243. The van der Waals surface area contributed by atoms with E-state index >= 15 is 0 Å². The first kappa shape index (κ1) is 13.0. The SMILES string of the molecule is CC(C)(C)C1(C(C)(C)C)CCC[C@]1(C)N. The number of hydrogen-bond donors (Lipinski definition) is 1. The van der Waals surface area contributed by atoms with Gasteiger partial charge in [-0.1, -0.05) is 48.0 Å². The zero-order valence-corrected chi connectivity index (χ0v) is 11.7. The van der Waals surface area contributed by atoms with Crippen molar-refractivity contribution >= 4 is 0 Å². The summed E-state index contributed by atoms with van der Waals surface area (Å²) in [5, 5.41) is 0. The van der Waals surface area contributed by atoms with E-state index in [9.17, 15) is 0 Å². The van der Waals surface area contributed by atoms with Crippen LogP contribution < -0.4 is 5.73 Å². The van der Waals surface area contributed by atoms with Gasteiger partial charge in [0, 0.05) is 5.54 Å². The second kappa shape index (κ2) is 3.23. The molecular formula is C14H29N. The molecule has 0 aliphatic heterocycles. The van der Waals surface area contributed by atoms with Gasteiger partial charge in [0.15, 0.2) is 0 Å². The highest BCUT2D eigenvalue weighted by Crippen LogP contribution is 2.64. The summed E-state index contributed by atoms with van der Waals surface area (Å²) in [6.07, 6.45) is 3.72. The fraction of sp³-hybridized carbons (Fsp3) is 1.00. The quantitative estimate of drug-likeness (QED) is 0.644. The molecule has 0 aromatic heterocycles. The lowest BCUT2D eigenvalue weighted by Crippen LogP contribution is -2.61. The van der Waals surface area contributed by atoms with Crippen LogP contribution in [0.25, 0.3) is 0 Å². The summed E-state index contributed by atoms with van der Waals surface area (Å²) < 4.78 is 0. The first-order chi connectivity index (χ1) is 6.46. The monoisotopic (exact) mass is 211 g/mol. The van der Waals surface area contributed by atoms with Crippen LogP contribution in [0.4, 0.5) is 0 Å². The lowest BCUT2D eigenvalue weighted by Gasteiger charge is -2.59. The molecule has 1 fully saturated rings. The van der Waals surface area contributed by atoms with Crippen molar-refractivity contribution in [2.45, 2.75) is 73.3 Å². The van der Waals surface area contributed by atoms with Gasteiger partial charge in [-0.25, -0.2) is 0 Å². The average molecular weight is 211 g/mol. The average Bonchev–Trinajstić information content (AvgIpc) is 2.21. The van der Waals surface area contributed by atoms with Crippen molar-refractivity contribution < 1.29 is 0 Å². The molecule has 0 bridgehead atoms. The van der Waals surface area contributed by atoms with Gasteiger partial charge in [-0.2, -0.15) is 0 Å². The van der Waals surface area contributed by atoms with Gasteiger partial charge in [0.05, 0.1) is 0 Å². The zero-order chi connectivity index (χ0) is 12.1. The molecule has 0 aromatic carbocycles. The van der Waals surface area contributed by atoms with Gasteiger partial charge in [-0.05, 0) is 36.0 Å². The van der Waals surface area contributed by atoms with E-state index in [1.165, 1.54) is 19.3 Å². The Hall–Kier alpha value is -0.0400. The fourth-order valence-corrected chi connectivity index (χ4v) is 4.81. The van der Waals surface area contributed by atoms with Crippen LogP contribution in [0, 0.1) is 16.2 Å². The molecule has 0 heterocycles. The molecule has 0 spiro atoms. The van der Waals surface area contributed by atoms with E-state index in [0.717, 1.165) is 0 Å². The van der Waals surface area contributed by atoms with Crippen LogP contribution in [0.5, 0.6) is 0 Å². The highest BCUT2D eigenvalue weighted by molar-refractivity contribution is 5.14. The zero-order valence-electron chi connectivity index (χ0n) is 11.7. The third kappa shape index (κ3) is 1.63. The Morgan fingerprint density at radius 2 is 1.27 bits per heavy atom. The molecule has 2 N–H and O–H groups in total. The molecule has 1 nitrogen and oxygen atoms in total. The highest BCUT2D eigenvalue weighted by atomic mass is 14.8. The minimum absolute atomic E-state index is 0.0243. The van der Waals surface area contributed by atoms with Crippen molar-refractivity contribution in [3.63, 3.8) is 0 Å². The normalized spacial score (nSPS) is 32.0. The van der Waals surface area contributed by atoms with Crippen molar-refractivity contribution in [3.8, 4) is 0 Å². The molecule has 1 heteroatoms. The Balaban J connectivity index is 3.33. The third-order valence-electron chi connectivity index (χ3n) is 4.78. The summed E-state index contributed by atoms with van der Waals surface area (Å²) in [6, 6.07) is 0. The molecule has 1 aliphatic rings. The predicted molar refractivity (Wildman–Crippen MR) is 67.8 cm³/mol. The summed E-state index contributed by atoms with van der Waals surface area (Å²) in [7, 11) is 0. The number of hydrogen-bond acceptors (Lipinski definition) is 1. The second-order valence-electron chi connectivity index (χ2n) is 7.68. The van der Waals surface area contributed by atoms with E-state index in [1.807, 2.05) is 0 Å². The Morgan fingerprint density at radius 3 is 1.40 bits per heavy atom. The number of rotatable bonds is 0. The lowest BCUT2D eigenvalue weighted by atomic mass is 9.48. The van der Waals surface area contributed by atoms with Crippen LogP contribution in [0.1, 0.15) is 67.7 Å². The summed E-state index contributed by atoms with van der Waals surface area (Å²) in [5.41, 5.74) is 7.39. The van der Waals surface area contributed by atoms with Crippen LogP contribution >= 0.6 is 0 Å². The highest BCUT2D eigenvalue weighted by Gasteiger charge is 2.61. The Morgan fingerprint density at radius 1 is 0.867 bits per heavy atom. The van der Waals surface area contributed by atoms with Crippen molar-refractivity contribution in [2.24, 2.45) is 22.0 Å². The molecule has 1 rings (SSSR count). The molecule has 1 atom stereocenters. The maximum absolute atomic E-state index is 6.63. The van der Waals surface area contributed by atoms with E-state index in [-0.39, 0.29) is 21.8 Å². The van der Waals surface area contributed by atoms with Crippen molar-refractivity contribution in [3.05, 3.63) is 0 Å². The first-order valence-corrected chi connectivity index (χ1v) is 6.25. The van der Waals surface area contributed by atoms with Crippen LogP contribution in [0.2, 0.25) is 0 Å². The molecule has 1 saturated carbocycles. The molecule has 0 saturated heterocycles. The number of nitrogens with two attached hydrogens (primary N) is 1. The van der Waals surface area contributed by atoms with E-state index in [1.54, 1.807) is 0 Å². The van der Waals surface area contributed by atoms with E-state index in [4.69, 9.17) is 5.73 Å². The first-order valence-electron chi connectivity index (χ1n) is 6.25. The maximum Gasteiger partial charge on any atom is 0.0192 e. The lowest BCUT2D eigenvalue weighted by molar-refractivity contribution is -0.0744. The molecule has 1 aliphatic carbocycles. The second-order valence-corrected chi connectivity index (χ2v) is 7.68. The molecule has 0 aromatic rings. The maximum atomic E-state index is 6.63. The van der Waals surface area contributed by atoms with Crippen LogP contribution in [0.3, 0.4) is 0 Å². The van der Waals surface area contributed by atoms with Gasteiger partial charge < -0.3 is 5.73 Å². The Labute approximate surface area is 95.8 Å². The van der Waals surface area contributed by atoms with Crippen molar-refractivity contribution in [2.75, 3.05) is 0 Å². The fourth-order valence-electron chi connectivity index (χ4n) is 4.81. The topological polar surface area (TPSA) is 26.0 Å². The summed E-state index contributed by atoms with van der Waals surface area (Å²) in [5.74, 6) is 0.